The number of carboxylic acid groups (broad SMARTS) is 1. The van der Waals surface area contributed by atoms with E-state index >= 15 is 0 Å². The van der Waals surface area contributed by atoms with Crippen molar-refractivity contribution in [3.63, 3.8) is 0 Å². The monoisotopic (exact) mass is 291 g/mol. The van der Waals surface area contributed by atoms with Gasteiger partial charge in [-0.05, 0) is 37.0 Å². The van der Waals surface area contributed by atoms with Gasteiger partial charge in [-0.15, -0.1) is 0 Å². The molecule has 3 aliphatic rings. The molecule has 3 rings (SSSR count). The van der Waals surface area contributed by atoms with Crippen LogP contribution in [0.1, 0.15) is 39.0 Å². The average Bonchev–Trinajstić information content (AvgIpc) is 3.06. The van der Waals surface area contributed by atoms with Crippen LogP contribution >= 0.6 is 0 Å². The Morgan fingerprint density at radius 3 is 2.33 bits per heavy atom. The zero-order valence-electron chi connectivity index (χ0n) is 12.9. The van der Waals surface area contributed by atoms with Crippen molar-refractivity contribution in [1.82, 2.24) is 4.90 Å². The van der Waals surface area contributed by atoms with Crippen LogP contribution in [0.4, 0.5) is 0 Å². The molecule has 116 valence electrons. The van der Waals surface area contributed by atoms with Crippen LogP contribution in [0.5, 0.6) is 0 Å². The highest BCUT2D eigenvalue weighted by atomic mass is 16.4. The van der Waals surface area contributed by atoms with Gasteiger partial charge in [0.1, 0.15) is 0 Å². The van der Waals surface area contributed by atoms with Gasteiger partial charge in [-0.25, -0.2) is 0 Å². The predicted molar refractivity (Wildman–Crippen MR) is 79.5 cm³/mol. The van der Waals surface area contributed by atoms with E-state index in [0.717, 1.165) is 12.8 Å². The van der Waals surface area contributed by atoms with Gasteiger partial charge in [0, 0.05) is 13.1 Å². The van der Waals surface area contributed by atoms with E-state index in [4.69, 9.17) is 0 Å². The van der Waals surface area contributed by atoms with Crippen LogP contribution in [0, 0.1) is 29.6 Å². The lowest BCUT2D eigenvalue weighted by Gasteiger charge is -2.39. The van der Waals surface area contributed by atoms with E-state index in [9.17, 15) is 14.7 Å². The molecule has 0 spiro atoms. The predicted octanol–water partition coefficient (Wildman–Crippen LogP) is 2.55. The maximum atomic E-state index is 12.9. The summed E-state index contributed by atoms with van der Waals surface area (Å²) in [5.74, 6) is -0.924. The minimum absolute atomic E-state index is 0.0537. The van der Waals surface area contributed by atoms with Crippen LogP contribution in [-0.2, 0) is 9.59 Å². The number of allylic oxidation sites excluding steroid dienone is 2. The lowest BCUT2D eigenvalue weighted by molar-refractivity contribution is -0.152. The van der Waals surface area contributed by atoms with Crippen molar-refractivity contribution in [3.8, 4) is 0 Å². The minimum Gasteiger partial charge on any atom is -0.481 e. The fourth-order valence-electron chi connectivity index (χ4n) is 4.77. The van der Waals surface area contributed by atoms with Crippen molar-refractivity contribution >= 4 is 11.9 Å². The van der Waals surface area contributed by atoms with Gasteiger partial charge in [0.15, 0.2) is 0 Å². The van der Waals surface area contributed by atoms with Gasteiger partial charge >= 0.3 is 5.97 Å². The molecule has 6 atom stereocenters. The first-order valence-electron chi connectivity index (χ1n) is 8.18. The van der Waals surface area contributed by atoms with E-state index in [0.29, 0.717) is 5.92 Å². The Kier molecular flexibility index (Phi) is 3.80. The Balaban J connectivity index is 1.77. The zero-order chi connectivity index (χ0) is 15.1. The molecule has 2 fully saturated rings. The fraction of sp³-hybridized carbons (Fsp3) is 0.765. The van der Waals surface area contributed by atoms with Crippen molar-refractivity contribution in [1.29, 1.82) is 0 Å². The number of rotatable bonds is 3. The van der Waals surface area contributed by atoms with Crippen LogP contribution in [0.3, 0.4) is 0 Å². The maximum Gasteiger partial charge on any atom is 0.307 e. The fourth-order valence-corrected chi connectivity index (χ4v) is 4.77. The van der Waals surface area contributed by atoms with E-state index in [1.165, 1.54) is 19.3 Å². The number of aliphatic carboxylic acids is 1. The molecule has 0 heterocycles. The van der Waals surface area contributed by atoms with Crippen LogP contribution in [0.15, 0.2) is 12.2 Å². The van der Waals surface area contributed by atoms with Crippen molar-refractivity contribution in [2.75, 3.05) is 7.05 Å². The number of nitrogens with zero attached hydrogens (tertiary/aromatic N) is 1. The first-order chi connectivity index (χ1) is 10.0. The summed E-state index contributed by atoms with van der Waals surface area (Å²) in [6, 6.07) is 0.281. The second-order valence-electron chi connectivity index (χ2n) is 7.12. The number of amides is 1. The first kappa shape index (κ1) is 14.6. The Morgan fingerprint density at radius 1 is 1.10 bits per heavy atom. The summed E-state index contributed by atoms with van der Waals surface area (Å²) in [5.41, 5.74) is 0. The molecular formula is C17H25NO3. The van der Waals surface area contributed by atoms with Crippen molar-refractivity contribution in [3.05, 3.63) is 12.2 Å². The lowest BCUT2D eigenvalue weighted by Crippen LogP contribution is -2.48. The summed E-state index contributed by atoms with van der Waals surface area (Å²) >= 11 is 0. The Morgan fingerprint density at radius 2 is 1.71 bits per heavy atom. The third-order valence-electron chi connectivity index (χ3n) is 5.94. The molecule has 2 saturated carbocycles. The molecule has 0 saturated heterocycles. The van der Waals surface area contributed by atoms with Gasteiger partial charge in [-0.2, -0.15) is 0 Å². The molecule has 6 unspecified atom stereocenters. The Hall–Kier alpha value is -1.32. The molecule has 4 nitrogen and oxygen atoms in total. The first-order valence-corrected chi connectivity index (χ1v) is 8.18. The summed E-state index contributed by atoms with van der Waals surface area (Å²) in [5, 5.41) is 9.49. The van der Waals surface area contributed by atoms with Gasteiger partial charge in [0.05, 0.1) is 11.8 Å². The van der Waals surface area contributed by atoms with E-state index in [1.54, 1.807) is 0 Å². The minimum atomic E-state index is -0.810. The van der Waals surface area contributed by atoms with Crippen LogP contribution < -0.4 is 0 Å². The van der Waals surface area contributed by atoms with Crippen molar-refractivity contribution in [2.24, 2.45) is 29.6 Å². The van der Waals surface area contributed by atoms with E-state index in [-0.39, 0.29) is 29.7 Å². The standard InChI is InChI=1S/C17H25NO3/c1-10-5-3-4-6-13(10)18(2)16(19)14-11-7-8-12(9-11)15(14)17(20)21/h7-8,10-15H,3-6,9H2,1-2H3,(H,20,21). The average molecular weight is 291 g/mol. The largest absolute Gasteiger partial charge is 0.481 e. The summed E-state index contributed by atoms with van der Waals surface area (Å²) in [7, 11) is 1.88. The van der Waals surface area contributed by atoms with Crippen molar-refractivity contribution < 1.29 is 14.7 Å². The maximum absolute atomic E-state index is 12.9. The number of hydrogen-bond donors (Lipinski definition) is 1. The number of hydrogen-bond acceptors (Lipinski definition) is 2. The smallest absolute Gasteiger partial charge is 0.307 e. The zero-order valence-corrected chi connectivity index (χ0v) is 12.9. The SMILES string of the molecule is CC1CCCCC1N(C)C(=O)C1C2C=CC(C2)C1C(=O)O. The molecule has 0 radical (unpaired) electrons. The van der Waals surface area contributed by atoms with E-state index < -0.39 is 11.9 Å². The number of carbonyl (C=O) groups excluding carboxylic acids is 1. The number of carbonyl (C=O) groups is 2. The van der Waals surface area contributed by atoms with Crippen LogP contribution in [0.2, 0.25) is 0 Å². The van der Waals surface area contributed by atoms with Gasteiger partial charge < -0.3 is 10.0 Å². The third kappa shape index (κ3) is 2.39. The normalized spacial score (nSPS) is 41.2. The summed E-state index contributed by atoms with van der Waals surface area (Å²) in [4.78, 5) is 26.4. The van der Waals surface area contributed by atoms with Crippen LogP contribution in [-0.4, -0.2) is 35.0 Å². The molecule has 1 N–H and O–H groups in total. The summed E-state index contributed by atoms with van der Waals surface area (Å²) in [6.45, 7) is 2.21. The lowest BCUT2D eigenvalue weighted by atomic mass is 9.80. The van der Waals surface area contributed by atoms with E-state index in [2.05, 4.69) is 13.0 Å². The second kappa shape index (κ2) is 5.47. The summed E-state index contributed by atoms with van der Waals surface area (Å²) < 4.78 is 0. The molecular weight excluding hydrogens is 266 g/mol. The molecule has 2 bridgehead atoms. The van der Waals surface area contributed by atoms with E-state index in [1.807, 2.05) is 18.0 Å². The number of fused-ring (bicyclic) bond motifs is 2. The Bertz CT molecular complexity index is 473. The van der Waals surface area contributed by atoms with Crippen LogP contribution in [0.25, 0.3) is 0 Å². The summed E-state index contributed by atoms with van der Waals surface area (Å²) in [6.07, 6.45) is 9.53. The molecule has 0 aromatic rings. The van der Waals surface area contributed by atoms with Gasteiger partial charge in [0.25, 0.3) is 0 Å². The molecule has 0 aromatic heterocycles. The highest BCUT2D eigenvalue weighted by molar-refractivity contribution is 5.87. The molecule has 4 heteroatoms. The Labute approximate surface area is 126 Å². The topological polar surface area (TPSA) is 57.6 Å². The van der Waals surface area contributed by atoms with Gasteiger partial charge in [0.2, 0.25) is 5.91 Å². The molecule has 1 amide bonds. The molecule has 0 aliphatic heterocycles. The quantitative estimate of drug-likeness (QED) is 0.813. The number of carboxylic acids is 1. The third-order valence-corrected chi connectivity index (χ3v) is 5.94. The molecule has 0 aromatic carbocycles. The highest BCUT2D eigenvalue weighted by Gasteiger charge is 2.52. The second-order valence-corrected chi connectivity index (χ2v) is 7.12. The van der Waals surface area contributed by atoms with Crippen molar-refractivity contribution in [2.45, 2.75) is 45.1 Å². The highest BCUT2D eigenvalue weighted by Crippen LogP contribution is 2.49. The molecule has 3 aliphatic carbocycles. The molecule has 21 heavy (non-hydrogen) atoms. The van der Waals surface area contributed by atoms with Gasteiger partial charge in [-0.1, -0.05) is 31.9 Å². The van der Waals surface area contributed by atoms with Gasteiger partial charge in [-0.3, -0.25) is 9.59 Å².